The zero-order valence-electron chi connectivity index (χ0n) is 11.5. The normalized spacial score (nSPS) is 27.6. The van der Waals surface area contributed by atoms with Crippen LogP contribution in [0.4, 0.5) is 0 Å². The predicted molar refractivity (Wildman–Crippen MR) is 76.8 cm³/mol. The Hall–Kier alpha value is -0.820. The van der Waals surface area contributed by atoms with Gasteiger partial charge in [0.25, 0.3) is 0 Å². The van der Waals surface area contributed by atoms with Gasteiger partial charge in [-0.25, -0.2) is 0 Å². The summed E-state index contributed by atoms with van der Waals surface area (Å²) in [6, 6.07) is 9.63. The lowest BCUT2D eigenvalue weighted by Crippen LogP contribution is -2.29. The molecule has 2 unspecified atom stereocenters. The van der Waals surface area contributed by atoms with Crippen molar-refractivity contribution in [3.8, 4) is 0 Å². The number of rotatable bonds is 4. The van der Waals surface area contributed by atoms with Crippen LogP contribution in [0.5, 0.6) is 0 Å². The minimum atomic E-state index is 0.609. The average Bonchev–Trinajstić information content (AvgIpc) is 2.35. The van der Waals surface area contributed by atoms with Gasteiger partial charge < -0.3 is 5.32 Å². The molecule has 1 heteroatoms. The van der Waals surface area contributed by atoms with Gasteiger partial charge in [0.05, 0.1) is 0 Å². The second-order valence-corrected chi connectivity index (χ2v) is 6.20. The van der Waals surface area contributed by atoms with Gasteiger partial charge in [0.15, 0.2) is 0 Å². The highest BCUT2D eigenvalue weighted by molar-refractivity contribution is 5.34. The largest absolute Gasteiger partial charge is 0.310 e. The van der Waals surface area contributed by atoms with Gasteiger partial charge in [-0.2, -0.15) is 0 Å². The van der Waals surface area contributed by atoms with Crippen molar-refractivity contribution in [2.75, 3.05) is 6.54 Å². The van der Waals surface area contributed by atoms with E-state index >= 15 is 0 Å². The molecule has 1 fully saturated rings. The van der Waals surface area contributed by atoms with Crippen molar-refractivity contribution in [3.05, 3.63) is 35.4 Å². The molecule has 1 nitrogen and oxygen atoms in total. The van der Waals surface area contributed by atoms with E-state index in [0.29, 0.717) is 6.04 Å². The van der Waals surface area contributed by atoms with E-state index < -0.39 is 0 Å². The first kappa shape index (κ1) is 12.2. The molecule has 0 bridgehead atoms. The molecule has 3 rings (SSSR count). The van der Waals surface area contributed by atoms with E-state index in [1.165, 1.54) is 45.1 Å². The first-order valence-corrected chi connectivity index (χ1v) is 7.67. The molecule has 18 heavy (non-hydrogen) atoms. The van der Waals surface area contributed by atoms with Crippen molar-refractivity contribution in [1.82, 2.24) is 5.32 Å². The molecule has 1 saturated carbocycles. The Labute approximate surface area is 111 Å². The topological polar surface area (TPSA) is 12.0 Å². The summed E-state index contributed by atoms with van der Waals surface area (Å²) in [6.45, 7) is 3.57. The number of hydrogen-bond acceptors (Lipinski definition) is 1. The van der Waals surface area contributed by atoms with Crippen LogP contribution in [0.3, 0.4) is 0 Å². The molecule has 1 aromatic rings. The highest BCUT2D eigenvalue weighted by Gasteiger charge is 2.24. The molecule has 0 aromatic heterocycles. The maximum absolute atomic E-state index is 3.80. The van der Waals surface area contributed by atoms with E-state index in [9.17, 15) is 0 Å². The van der Waals surface area contributed by atoms with Gasteiger partial charge in [-0.1, -0.05) is 50.5 Å². The Kier molecular flexibility index (Phi) is 3.69. The van der Waals surface area contributed by atoms with Crippen molar-refractivity contribution < 1.29 is 0 Å². The van der Waals surface area contributed by atoms with Crippen molar-refractivity contribution >= 4 is 0 Å². The number of benzene rings is 1. The Balaban J connectivity index is 1.60. The monoisotopic (exact) mass is 243 g/mol. The Morgan fingerprint density at radius 2 is 1.83 bits per heavy atom. The maximum Gasteiger partial charge on any atom is 0.0323 e. The summed E-state index contributed by atoms with van der Waals surface area (Å²) in [5.74, 6) is 1.76. The van der Waals surface area contributed by atoms with Crippen LogP contribution in [0.15, 0.2) is 24.3 Å². The summed E-state index contributed by atoms with van der Waals surface area (Å²) < 4.78 is 0. The van der Waals surface area contributed by atoms with Gasteiger partial charge in [-0.3, -0.25) is 0 Å². The highest BCUT2D eigenvalue weighted by atomic mass is 14.9. The molecular weight excluding hydrogens is 218 g/mol. The molecule has 0 spiro atoms. The zero-order chi connectivity index (χ0) is 12.4. The van der Waals surface area contributed by atoms with Crippen molar-refractivity contribution in [3.63, 3.8) is 0 Å². The standard InChI is InChI=1S/C17H25N/c1-13-9-10-17(16-8-3-2-7-15(13)16)18-12-11-14-5-4-6-14/h2-3,7-8,13-14,17-18H,4-6,9-12H2,1H3. The number of fused-ring (bicyclic) bond motifs is 1. The minimum absolute atomic E-state index is 0.609. The van der Waals surface area contributed by atoms with Gasteiger partial charge in [0.1, 0.15) is 0 Å². The van der Waals surface area contributed by atoms with Crippen LogP contribution < -0.4 is 5.32 Å². The Morgan fingerprint density at radius 3 is 2.56 bits per heavy atom. The fourth-order valence-electron chi connectivity index (χ4n) is 3.46. The van der Waals surface area contributed by atoms with Crippen LogP contribution in [0.2, 0.25) is 0 Å². The first-order valence-electron chi connectivity index (χ1n) is 7.67. The zero-order valence-corrected chi connectivity index (χ0v) is 11.5. The van der Waals surface area contributed by atoms with Crippen LogP contribution in [0.25, 0.3) is 0 Å². The number of nitrogens with one attached hydrogen (secondary N) is 1. The Morgan fingerprint density at radius 1 is 1.06 bits per heavy atom. The minimum Gasteiger partial charge on any atom is -0.310 e. The molecular formula is C17H25N. The molecule has 1 N–H and O–H groups in total. The third kappa shape index (κ3) is 2.47. The number of hydrogen-bond donors (Lipinski definition) is 1. The van der Waals surface area contributed by atoms with Gasteiger partial charge in [0, 0.05) is 6.04 Å². The SMILES string of the molecule is CC1CCC(NCCC2CCC2)c2ccccc21. The average molecular weight is 243 g/mol. The van der Waals surface area contributed by atoms with Crippen molar-refractivity contribution in [2.24, 2.45) is 5.92 Å². The fourth-order valence-corrected chi connectivity index (χ4v) is 3.46. The summed E-state index contributed by atoms with van der Waals surface area (Å²) in [7, 11) is 0. The molecule has 98 valence electrons. The maximum atomic E-state index is 3.80. The molecule has 0 radical (unpaired) electrons. The van der Waals surface area contributed by atoms with Crippen LogP contribution >= 0.6 is 0 Å². The molecule has 2 atom stereocenters. The molecule has 0 amide bonds. The second kappa shape index (κ2) is 5.44. The summed E-state index contributed by atoms with van der Waals surface area (Å²) in [5, 5.41) is 3.80. The van der Waals surface area contributed by atoms with E-state index in [2.05, 4.69) is 36.5 Å². The van der Waals surface area contributed by atoms with Gasteiger partial charge in [0.2, 0.25) is 0 Å². The lowest BCUT2D eigenvalue weighted by atomic mass is 9.80. The van der Waals surface area contributed by atoms with Crippen LogP contribution in [0.1, 0.15) is 68.5 Å². The van der Waals surface area contributed by atoms with Crippen molar-refractivity contribution in [2.45, 2.75) is 57.4 Å². The van der Waals surface area contributed by atoms with Gasteiger partial charge in [-0.15, -0.1) is 0 Å². The van der Waals surface area contributed by atoms with E-state index in [1.54, 1.807) is 11.1 Å². The summed E-state index contributed by atoms with van der Waals surface area (Å²) in [5.41, 5.74) is 3.13. The van der Waals surface area contributed by atoms with E-state index in [1.807, 2.05) is 0 Å². The van der Waals surface area contributed by atoms with E-state index in [0.717, 1.165) is 11.8 Å². The molecule has 0 heterocycles. The molecule has 0 aliphatic heterocycles. The summed E-state index contributed by atoms with van der Waals surface area (Å²) in [4.78, 5) is 0. The summed E-state index contributed by atoms with van der Waals surface area (Å²) in [6.07, 6.45) is 8.43. The lowest BCUT2D eigenvalue weighted by Gasteiger charge is -2.32. The smallest absolute Gasteiger partial charge is 0.0323 e. The molecule has 2 aliphatic carbocycles. The third-order valence-electron chi connectivity index (χ3n) is 4.96. The quantitative estimate of drug-likeness (QED) is 0.826. The molecule has 0 saturated heterocycles. The third-order valence-corrected chi connectivity index (χ3v) is 4.96. The molecule has 1 aromatic carbocycles. The van der Waals surface area contributed by atoms with Crippen LogP contribution in [0, 0.1) is 5.92 Å². The molecule has 2 aliphatic rings. The predicted octanol–water partition coefficient (Wildman–Crippen LogP) is 4.40. The highest BCUT2D eigenvalue weighted by Crippen LogP contribution is 2.37. The lowest BCUT2D eigenvalue weighted by molar-refractivity contribution is 0.284. The van der Waals surface area contributed by atoms with Crippen molar-refractivity contribution in [1.29, 1.82) is 0 Å². The second-order valence-electron chi connectivity index (χ2n) is 6.20. The van der Waals surface area contributed by atoms with Crippen LogP contribution in [-0.4, -0.2) is 6.54 Å². The van der Waals surface area contributed by atoms with Gasteiger partial charge >= 0.3 is 0 Å². The fraction of sp³-hybridized carbons (Fsp3) is 0.647. The van der Waals surface area contributed by atoms with E-state index in [4.69, 9.17) is 0 Å². The van der Waals surface area contributed by atoms with E-state index in [-0.39, 0.29) is 0 Å². The Bertz CT molecular complexity index is 394. The summed E-state index contributed by atoms with van der Waals surface area (Å²) >= 11 is 0. The van der Waals surface area contributed by atoms with Crippen LogP contribution in [-0.2, 0) is 0 Å². The first-order chi connectivity index (χ1) is 8.84. The van der Waals surface area contributed by atoms with Gasteiger partial charge in [-0.05, 0) is 48.8 Å².